The Kier molecular flexibility index (Phi) is 4.69. The van der Waals surface area contributed by atoms with Gasteiger partial charge in [-0.3, -0.25) is 9.59 Å². The van der Waals surface area contributed by atoms with Crippen molar-refractivity contribution in [2.45, 2.75) is 40.0 Å². The molecule has 1 aromatic carbocycles. The molecule has 1 atom stereocenters. The standard InChI is InChI=1S/C18H23NO3/c1-18(2,3)10-14(20)9-12(17(21)22)8-13-11-19-16-7-5-4-6-15(13)16/h4-7,11-12,19H,8-10H2,1-3H3,(H,21,22)/t12-/m1/s1. The molecule has 2 N–H and O–H groups in total. The fraction of sp³-hybridized carbons (Fsp3) is 0.444. The Morgan fingerprint density at radius 1 is 1.23 bits per heavy atom. The van der Waals surface area contributed by atoms with Gasteiger partial charge in [-0.05, 0) is 23.5 Å². The zero-order valence-electron chi connectivity index (χ0n) is 13.3. The quantitative estimate of drug-likeness (QED) is 0.852. The van der Waals surface area contributed by atoms with Crippen molar-refractivity contribution in [3.63, 3.8) is 0 Å². The molecule has 118 valence electrons. The third-order valence-electron chi connectivity index (χ3n) is 3.69. The highest BCUT2D eigenvalue weighted by Crippen LogP contribution is 2.25. The van der Waals surface area contributed by atoms with E-state index in [1.165, 1.54) is 0 Å². The smallest absolute Gasteiger partial charge is 0.307 e. The van der Waals surface area contributed by atoms with E-state index in [0.717, 1.165) is 16.5 Å². The van der Waals surface area contributed by atoms with E-state index < -0.39 is 11.9 Å². The Bertz CT molecular complexity index is 679. The van der Waals surface area contributed by atoms with Crippen molar-refractivity contribution < 1.29 is 14.7 Å². The molecular weight excluding hydrogens is 278 g/mol. The number of fused-ring (bicyclic) bond motifs is 1. The van der Waals surface area contributed by atoms with Gasteiger partial charge in [0.1, 0.15) is 5.78 Å². The van der Waals surface area contributed by atoms with Crippen molar-refractivity contribution in [2.24, 2.45) is 11.3 Å². The van der Waals surface area contributed by atoms with Crippen LogP contribution in [0.15, 0.2) is 30.5 Å². The molecule has 0 saturated carbocycles. The number of carbonyl (C=O) groups is 2. The summed E-state index contributed by atoms with van der Waals surface area (Å²) in [4.78, 5) is 26.7. The minimum absolute atomic E-state index is 0.0136. The molecule has 0 fully saturated rings. The lowest BCUT2D eigenvalue weighted by molar-refractivity contribution is -0.144. The van der Waals surface area contributed by atoms with Gasteiger partial charge in [-0.1, -0.05) is 39.0 Å². The molecular formula is C18H23NO3. The molecule has 0 bridgehead atoms. The van der Waals surface area contributed by atoms with Crippen LogP contribution >= 0.6 is 0 Å². The Balaban J connectivity index is 2.12. The van der Waals surface area contributed by atoms with Crippen LogP contribution in [0, 0.1) is 11.3 Å². The van der Waals surface area contributed by atoms with E-state index in [2.05, 4.69) is 4.98 Å². The number of para-hydroxylation sites is 1. The summed E-state index contributed by atoms with van der Waals surface area (Å²) in [6, 6.07) is 7.79. The second-order valence-corrected chi connectivity index (χ2v) is 7.08. The first-order chi connectivity index (χ1) is 10.3. The van der Waals surface area contributed by atoms with Gasteiger partial charge in [0.15, 0.2) is 0 Å². The topological polar surface area (TPSA) is 70.2 Å². The highest BCUT2D eigenvalue weighted by Gasteiger charge is 2.25. The van der Waals surface area contributed by atoms with Crippen LogP contribution in [-0.2, 0) is 16.0 Å². The van der Waals surface area contributed by atoms with E-state index in [-0.39, 0.29) is 17.6 Å². The predicted molar refractivity (Wildman–Crippen MR) is 86.8 cm³/mol. The van der Waals surface area contributed by atoms with Crippen LogP contribution in [0.3, 0.4) is 0 Å². The number of aromatic amines is 1. The van der Waals surface area contributed by atoms with Crippen LogP contribution in [0.1, 0.15) is 39.2 Å². The Hall–Kier alpha value is -2.10. The average Bonchev–Trinajstić information content (AvgIpc) is 2.79. The molecule has 0 aliphatic heterocycles. The van der Waals surface area contributed by atoms with Gasteiger partial charge in [-0.25, -0.2) is 0 Å². The number of carboxylic acids is 1. The molecule has 2 rings (SSSR count). The summed E-state index contributed by atoms with van der Waals surface area (Å²) in [6.45, 7) is 5.96. The molecule has 0 amide bonds. The highest BCUT2D eigenvalue weighted by atomic mass is 16.4. The molecule has 4 heteroatoms. The first-order valence-corrected chi connectivity index (χ1v) is 7.56. The maximum atomic E-state index is 12.1. The van der Waals surface area contributed by atoms with Gasteiger partial charge in [0.05, 0.1) is 5.92 Å². The van der Waals surface area contributed by atoms with Crippen molar-refractivity contribution in [2.75, 3.05) is 0 Å². The maximum Gasteiger partial charge on any atom is 0.307 e. The van der Waals surface area contributed by atoms with E-state index in [4.69, 9.17) is 0 Å². The van der Waals surface area contributed by atoms with E-state index >= 15 is 0 Å². The van der Waals surface area contributed by atoms with E-state index in [1.54, 1.807) is 0 Å². The first kappa shape index (κ1) is 16.3. The van der Waals surface area contributed by atoms with Gasteiger partial charge in [0.25, 0.3) is 0 Å². The van der Waals surface area contributed by atoms with Crippen molar-refractivity contribution in [3.8, 4) is 0 Å². The Morgan fingerprint density at radius 3 is 2.55 bits per heavy atom. The minimum Gasteiger partial charge on any atom is -0.481 e. The lowest BCUT2D eigenvalue weighted by atomic mass is 9.85. The summed E-state index contributed by atoms with van der Waals surface area (Å²) in [5.41, 5.74) is 1.83. The molecule has 0 aliphatic carbocycles. The minimum atomic E-state index is -0.910. The number of rotatable bonds is 6. The Labute approximate surface area is 130 Å². The fourth-order valence-electron chi connectivity index (χ4n) is 2.75. The second kappa shape index (κ2) is 6.34. The largest absolute Gasteiger partial charge is 0.481 e. The molecule has 1 aromatic heterocycles. The number of nitrogens with one attached hydrogen (secondary N) is 1. The van der Waals surface area contributed by atoms with Crippen LogP contribution in [0.25, 0.3) is 10.9 Å². The number of aromatic nitrogens is 1. The van der Waals surface area contributed by atoms with Gasteiger partial charge in [-0.15, -0.1) is 0 Å². The number of hydrogen-bond donors (Lipinski definition) is 2. The molecule has 0 spiro atoms. The summed E-state index contributed by atoms with van der Waals surface area (Å²) in [5, 5.41) is 10.5. The number of benzene rings is 1. The normalized spacial score (nSPS) is 13.2. The van der Waals surface area contributed by atoms with Gasteiger partial charge in [0.2, 0.25) is 0 Å². The van der Waals surface area contributed by atoms with Crippen molar-refractivity contribution in [3.05, 3.63) is 36.0 Å². The van der Waals surface area contributed by atoms with Crippen molar-refractivity contribution in [1.29, 1.82) is 0 Å². The molecule has 1 heterocycles. The van der Waals surface area contributed by atoms with Gasteiger partial charge in [-0.2, -0.15) is 0 Å². The number of Topliss-reactive ketones (excluding diaryl/α,β-unsaturated/α-hetero) is 1. The van der Waals surface area contributed by atoms with Gasteiger partial charge < -0.3 is 10.1 Å². The van der Waals surface area contributed by atoms with Crippen LogP contribution in [0.4, 0.5) is 0 Å². The lowest BCUT2D eigenvalue weighted by Gasteiger charge is -2.18. The summed E-state index contributed by atoms with van der Waals surface area (Å²) in [5.74, 6) is -1.57. The van der Waals surface area contributed by atoms with Crippen molar-refractivity contribution in [1.82, 2.24) is 4.98 Å². The predicted octanol–water partition coefficient (Wildman–Crippen LogP) is 3.81. The van der Waals surface area contributed by atoms with Crippen LogP contribution in [-0.4, -0.2) is 21.8 Å². The second-order valence-electron chi connectivity index (χ2n) is 7.08. The molecule has 0 unspecified atom stereocenters. The van der Waals surface area contributed by atoms with Gasteiger partial charge >= 0.3 is 5.97 Å². The highest BCUT2D eigenvalue weighted by molar-refractivity contribution is 5.86. The van der Waals surface area contributed by atoms with Crippen LogP contribution in [0.2, 0.25) is 0 Å². The number of ketones is 1. The van der Waals surface area contributed by atoms with Crippen LogP contribution < -0.4 is 0 Å². The number of H-pyrrole nitrogens is 1. The maximum absolute atomic E-state index is 12.1. The molecule has 22 heavy (non-hydrogen) atoms. The SMILES string of the molecule is CC(C)(C)CC(=O)C[C@@H](Cc1c[nH]c2ccccc12)C(=O)O. The van der Waals surface area contributed by atoms with Crippen LogP contribution in [0.5, 0.6) is 0 Å². The molecule has 0 saturated heterocycles. The number of carboxylic acid groups (broad SMARTS) is 1. The zero-order valence-corrected chi connectivity index (χ0v) is 13.3. The third-order valence-corrected chi connectivity index (χ3v) is 3.69. The van der Waals surface area contributed by atoms with Gasteiger partial charge in [0, 0.05) is 29.9 Å². The molecule has 0 radical (unpaired) electrons. The monoisotopic (exact) mass is 301 g/mol. The summed E-state index contributed by atoms with van der Waals surface area (Å²) in [7, 11) is 0. The first-order valence-electron chi connectivity index (χ1n) is 7.56. The number of hydrogen-bond acceptors (Lipinski definition) is 2. The summed E-state index contributed by atoms with van der Waals surface area (Å²) < 4.78 is 0. The molecule has 2 aromatic rings. The van der Waals surface area contributed by atoms with E-state index in [9.17, 15) is 14.7 Å². The summed E-state index contributed by atoms with van der Waals surface area (Å²) in [6.07, 6.45) is 2.71. The third kappa shape index (κ3) is 4.20. The number of aliphatic carboxylic acids is 1. The molecule has 0 aliphatic rings. The average molecular weight is 301 g/mol. The zero-order chi connectivity index (χ0) is 16.3. The summed E-state index contributed by atoms with van der Waals surface area (Å²) >= 11 is 0. The number of carbonyl (C=O) groups excluding carboxylic acids is 1. The Morgan fingerprint density at radius 2 is 1.91 bits per heavy atom. The van der Waals surface area contributed by atoms with E-state index in [1.807, 2.05) is 51.2 Å². The fourth-order valence-corrected chi connectivity index (χ4v) is 2.75. The lowest BCUT2D eigenvalue weighted by Crippen LogP contribution is -2.22. The van der Waals surface area contributed by atoms with Crippen molar-refractivity contribution >= 4 is 22.7 Å². The van der Waals surface area contributed by atoms with E-state index in [0.29, 0.717) is 12.8 Å². The molecule has 4 nitrogen and oxygen atoms in total.